The van der Waals surface area contributed by atoms with Crippen LogP contribution in [0, 0.1) is 24.0 Å². The summed E-state index contributed by atoms with van der Waals surface area (Å²) in [6, 6.07) is 20.8. The predicted molar refractivity (Wildman–Crippen MR) is 144 cm³/mol. The minimum absolute atomic E-state index is 0.000178. The van der Waals surface area contributed by atoms with Crippen LogP contribution in [0.5, 0.6) is 11.5 Å². The second-order valence-electron chi connectivity index (χ2n) is 8.91. The van der Waals surface area contributed by atoms with Crippen molar-refractivity contribution >= 4 is 29.2 Å². The van der Waals surface area contributed by atoms with Gasteiger partial charge in [-0.05, 0) is 61.9 Å². The average Bonchev–Trinajstić information content (AvgIpc) is 3.51. The lowest BCUT2D eigenvalue weighted by atomic mass is 10.1. The third-order valence-electron chi connectivity index (χ3n) is 6.35. The highest BCUT2D eigenvalue weighted by Gasteiger charge is 2.22. The molecule has 0 spiro atoms. The highest BCUT2D eigenvalue weighted by atomic mass is 32.2. The van der Waals surface area contributed by atoms with Gasteiger partial charge in [0.1, 0.15) is 0 Å². The Balaban J connectivity index is 1.26. The molecule has 0 atom stereocenters. The van der Waals surface area contributed by atoms with E-state index in [-0.39, 0.29) is 23.8 Å². The molecule has 1 aliphatic rings. The van der Waals surface area contributed by atoms with Gasteiger partial charge in [0.15, 0.2) is 18.1 Å². The van der Waals surface area contributed by atoms with Crippen molar-refractivity contribution in [1.29, 1.82) is 0 Å². The molecule has 1 aromatic heterocycles. The molecule has 0 aliphatic carbocycles. The van der Waals surface area contributed by atoms with E-state index in [2.05, 4.69) is 0 Å². The predicted octanol–water partition coefficient (Wildman–Crippen LogP) is 5.98. The first kappa shape index (κ1) is 26.1. The minimum Gasteiger partial charge on any atom is -0.454 e. The number of fused-ring (bicyclic) bond motifs is 1. The molecule has 39 heavy (non-hydrogen) atoms. The Kier molecular flexibility index (Phi) is 7.38. The minimum atomic E-state index is -0.808. The molecule has 3 aromatic carbocycles. The van der Waals surface area contributed by atoms with Gasteiger partial charge in [-0.3, -0.25) is 14.9 Å². The Morgan fingerprint density at radius 2 is 1.77 bits per heavy atom. The Morgan fingerprint density at radius 3 is 2.54 bits per heavy atom. The number of carbonyl (C=O) groups is 2. The maximum absolute atomic E-state index is 13.0. The SMILES string of the molecule is Cc1cc(C(=O)COC(=O)c2ccc(Sc3ccccc3)c([N+](=O)[O-])c2)c(C)n1Cc1ccc2c(c1)OCO2. The van der Waals surface area contributed by atoms with Crippen LogP contribution >= 0.6 is 11.8 Å². The van der Waals surface area contributed by atoms with E-state index < -0.39 is 17.5 Å². The molecule has 9 nitrogen and oxygen atoms in total. The van der Waals surface area contributed by atoms with Crippen LogP contribution in [0.1, 0.15) is 37.7 Å². The third kappa shape index (κ3) is 5.65. The molecule has 2 heterocycles. The van der Waals surface area contributed by atoms with Crippen molar-refractivity contribution in [2.24, 2.45) is 0 Å². The van der Waals surface area contributed by atoms with Crippen molar-refractivity contribution in [2.75, 3.05) is 13.4 Å². The van der Waals surface area contributed by atoms with E-state index in [1.165, 1.54) is 30.0 Å². The molecule has 0 amide bonds. The number of nitro groups is 1. The number of esters is 1. The van der Waals surface area contributed by atoms with Crippen molar-refractivity contribution in [1.82, 2.24) is 4.57 Å². The molecule has 0 saturated heterocycles. The number of hydrogen-bond acceptors (Lipinski definition) is 8. The van der Waals surface area contributed by atoms with Crippen LogP contribution in [0.4, 0.5) is 5.69 Å². The molecule has 0 unspecified atom stereocenters. The second-order valence-corrected chi connectivity index (χ2v) is 10.0. The van der Waals surface area contributed by atoms with Crippen LogP contribution in [0.15, 0.2) is 82.6 Å². The van der Waals surface area contributed by atoms with Crippen molar-refractivity contribution in [3.8, 4) is 11.5 Å². The van der Waals surface area contributed by atoms with E-state index in [4.69, 9.17) is 14.2 Å². The van der Waals surface area contributed by atoms with E-state index in [0.717, 1.165) is 21.8 Å². The number of aromatic nitrogens is 1. The van der Waals surface area contributed by atoms with Gasteiger partial charge in [0.25, 0.3) is 5.69 Å². The summed E-state index contributed by atoms with van der Waals surface area (Å²) in [5, 5.41) is 11.7. The zero-order valence-corrected chi connectivity index (χ0v) is 22.0. The number of ether oxygens (including phenoxy) is 3. The fourth-order valence-electron chi connectivity index (χ4n) is 4.33. The zero-order chi connectivity index (χ0) is 27.5. The average molecular weight is 545 g/mol. The fourth-order valence-corrected chi connectivity index (χ4v) is 5.25. The first-order valence-corrected chi connectivity index (χ1v) is 12.9. The monoisotopic (exact) mass is 544 g/mol. The number of nitro benzene ring substituents is 1. The first-order valence-electron chi connectivity index (χ1n) is 12.1. The number of benzene rings is 3. The van der Waals surface area contributed by atoms with Gasteiger partial charge in [-0.2, -0.15) is 0 Å². The van der Waals surface area contributed by atoms with Gasteiger partial charge in [-0.15, -0.1) is 0 Å². The van der Waals surface area contributed by atoms with Gasteiger partial charge in [0.2, 0.25) is 12.6 Å². The summed E-state index contributed by atoms with van der Waals surface area (Å²) in [7, 11) is 0. The van der Waals surface area contributed by atoms with Gasteiger partial charge in [0.05, 0.1) is 15.4 Å². The van der Waals surface area contributed by atoms with Gasteiger partial charge in [-0.25, -0.2) is 4.79 Å². The maximum atomic E-state index is 13.0. The molecule has 5 rings (SSSR count). The van der Waals surface area contributed by atoms with Crippen molar-refractivity contribution in [3.05, 3.63) is 111 Å². The quantitative estimate of drug-likeness (QED) is 0.110. The van der Waals surface area contributed by atoms with E-state index in [9.17, 15) is 19.7 Å². The zero-order valence-electron chi connectivity index (χ0n) is 21.2. The summed E-state index contributed by atoms with van der Waals surface area (Å²) in [5.74, 6) is 0.216. The number of ketones is 1. The van der Waals surface area contributed by atoms with Crippen LogP contribution in [0.25, 0.3) is 0 Å². The Labute approximate surface area is 228 Å². The molecule has 198 valence electrons. The lowest BCUT2D eigenvalue weighted by Crippen LogP contribution is -2.15. The largest absolute Gasteiger partial charge is 0.454 e. The van der Waals surface area contributed by atoms with Crippen molar-refractivity contribution in [3.63, 3.8) is 0 Å². The smallest absolute Gasteiger partial charge is 0.338 e. The summed E-state index contributed by atoms with van der Waals surface area (Å²) < 4.78 is 18.1. The molecule has 0 fully saturated rings. The number of aryl methyl sites for hydroxylation is 1. The van der Waals surface area contributed by atoms with Crippen molar-refractivity contribution in [2.45, 2.75) is 30.2 Å². The summed E-state index contributed by atoms with van der Waals surface area (Å²) in [4.78, 5) is 38.0. The highest BCUT2D eigenvalue weighted by molar-refractivity contribution is 7.99. The van der Waals surface area contributed by atoms with Crippen LogP contribution < -0.4 is 9.47 Å². The van der Waals surface area contributed by atoms with Crippen LogP contribution in [-0.2, 0) is 11.3 Å². The van der Waals surface area contributed by atoms with E-state index in [1.807, 2.05) is 66.9 Å². The molecule has 0 bridgehead atoms. The summed E-state index contributed by atoms with van der Waals surface area (Å²) in [6.07, 6.45) is 0. The Morgan fingerprint density at radius 1 is 1.00 bits per heavy atom. The van der Waals surface area contributed by atoms with Gasteiger partial charge in [0, 0.05) is 34.5 Å². The van der Waals surface area contributed by atoms with Crippen LogP contribution in [-0.4, -0.2) is 34.6 Å². The van der Waals surface area contributed by atoms with Gasteiger partial charge < -0.3 is 18.8 Å². The summed E-state index contributed by atoms with van der Waals surface area (Å²) in [6.45, 7) is 3.97. The number of Topliss-reactive ketones (excluding diaryl/α,β-unsaturated/α-hetero) is 1. The number of hydrogen-bond donors (Lipinski definition) is 0. The maximum Gasteiger partial charge on any atom is 0.338 e. The van der Waals surface area contributed by atoms with Crippen molar-refractivity contribution < 1.29 is 28.7 Å². The van der Waals surface area contributed by atoms with Gasteiger partial charge in [-0.1, -0.05) is 36.0 Å². The van der Waals surface area contributed by atoms with Gasteiger partial charge >= 0.3 is 5.97 Å². The standard InChI is InChI=1S/C29H24N2O7S/c1-18-12-23(19(2)30(18)15-20-8-10-26-27(13-20)38-17-37-26)25(32)16-36-29(33)21-9-11-28(24(14-21)31(34)35)39-22-6-4-3-5-7-22/h3-14H,15-17H2,1-2H3. The molecule has 10 heteroatoms. The lowest BCUT2D eigenvalue weighted by Gasteiger charge is -2.11. The van der Waals surface area contributed by atoms with E-state index in [0.29, 0.717) is 28.5 Å². The lowest BCUT2D eigenvalue weighted by molar-refractivity contribution is -0.387. The van der Waals surface area contributed by atoms with E-state index in [1.54, 1.807) is 6.07 Å². The first-order chi connectivity index (χ1) is 18.8. The summed E-state index contributed by atoms with van der Waals surface area (Å²) >= 11 is 1.23. The second kappa shape index (κ2) is 11.0. The third-order valence-corrected chi connectivity index (χ3v) is 7.42. The number of rotatable bonds is 9. The topological polar surface area (TPSA) is 110 Å². The molecule has 4 aromatic rings. The van der Waals surface area contributed by atoms with Crippen LogP contribution in [0.2, 0.25) is 0 Å². The summed E-state index contributed by atoms with van der Waals surface area (Å²) in [5.41, 5.74) is 2.84. The van der Waals surface area contributed by atoms with E-state index >= 15 is 0 Å². The molecule has 1 aliphatic heterocycles. The number of carbonyl (C=O) groups excluding carboxylic acids is 2. The highest BCUT2D eigenvalue weighted by Crippen LogP contribution is 2.36. The Hall–Kier alpha value is -4.57. The fraction of sp³-hybridized carbons (Fsp3) is 0.172. The number of nitrogens with zero attached hydrogens (tertiary/aromatic N) is 2. The normalized spacial score (nSPS) is 11.8. The molecular formula is C29H24N2O7S. The molecule has 0 radical (unpaired) electrons. The Bertz CT molecular complexity index is 1580. The van der Waals surface area contributed by atoms with Crippen LogP contribution in [0.3, 0.4) is 0 Å². The molecular weight excluding hydrogens is 520 g/mol. The molecule has 0 N–H and O–H groups in total. The molecule has 0 saturated carbocycles.